The zero-order valence-electron chi connectivity index (χ0n) is 15.3. The van der Waals surface area contributed by atoms with Gasteiger partial charge in [0.05, 0.1) is 23.7 Å². The molecule has 4 amide bonds. The SMILES string of the molecule is O=C1[C@H]2[C@@H]3C=C[C@@H]([C@@H]2C(=O)N1n1cnnc1)[C@H]1[C@H]2C(=O)N(n4cnnc4)C(=O)[C@@H]2[C@H]31. The normalized spacial score (nSPS) is 40.7. The highest BCUT2D eigenvalue weighted by molar-refractivity contribution is 6.20. The maximum Gasteiger partial charge on any atom is 0.253 e. The summed E-state index contributed by atoms with van der Waals surface area (Å²) in [6.07, 6.45) is 9.18. The molecule has 12 nitrogen and oxygen atoms in total. The number of hydrogen-bond acceptors (Lipinski definition) is 8. The van der Waals surface area contributed by atoms with Gasteiger partial charge in [-0.1, -0.05) is 12.2 Å². The lowest BCUT2D eigenvalue weighted by molar-refractivity contribution is -0.166. The first-order chi connectivity index (χ1) is 14.6. The van der Waals surface area contributed by atoms with Crippen LogP contribution >= 0.6 is 0 Å². The fourth-order valence-corrected chi connectivity index (χ4v) is 6.62. The minimum absolute atomic E-state index is 0.137. The second-order valence-electron chi connectivity index (χ2n) is 8.46. The van der Waals surface area contributed by atoms with Crippen molar-refractivity contribution in [3.8, 4) is 0 Å². The van der Waals surface area contributed by atoms with E-state index >= 15 is 0 Å². The van der Waals surface area contributed by atoms with Crippen LogP contribution in [0.1, 0.15) is 0 Å². The fraction of sp³-hybridized carbons (Fsp3) is 0.444. The van der Waals surface area contributed by atoms with Gasteiger partial charge in [-0.25, -0.2) is 9.35 Å². The first-order valence-corrected chi connectivity index (χ1v) is 9.73. The Morgan fingerprint density at radius 1 is 0.533 bits per heavy atom. The number of carbonyl (C=O) groups excluding carboxylic acids is 4. The number of allylic oxidation sites excluding steroid dienone is 2. The zero-order valence-corrected chi connectivity index (χ0v) is 15.3. The van der Waals surface area contributed by atoms with E-state index in [1.54, 1.807) is 0 Å². The van der Waals surface area contributed by atoms with Crippen molar-refractivity contribution in [1.29, 1.82) is 0 Å². The number of nitrogens with zero attached hydrogens (tertiary/aromatic N) is 8. The predicted molar refractivity (Wildman–Crippen MR) is 93.6 cm³/mol. The van der Waals surface area contributed by atoms with E-state index in [-0.39, 0.29) is 47.3 Å². The van der Waals surface area contributed by atoms with Crippen LogP contribution < -0.4 is 10.0 Å². The van der Waals surface area contributed by atoms with Crippen LogP contribution in [0.4, 0.5) is 0 Å². The van der Waals surface area contributed by atoms with Crippen molar-refractivity contribution in [3.63, 3.8) is 0 Å². The number of amides is 4. The van der Waals surface area contributed by atoms with Crippen molar-refractivity contribution in [2.45, 2.75) is 0 Å². The van der Waals surface area contributed by atoms with Crippen LogP contribution in [0.15, 0.2) is 37.5 Å². The Bertz CT molecular complexity index is 1100. The van der Waals surface area contributed by atoms with Crippen LogP contribution in [0.2, 0.25) is 0 Å². The van der Waals surface area contributed by atoms with Gasteiger partial charge >= 0.3 is 0 Å². The second-order valence-corrected chi connectivity index (χ2v) is 8.46. The van der Waals surface area contributed by atoms with Crippen LogP contribution in [0, 0.1) is 47.3 Å². The predicted octanol–water partition coefficient (Wildman–Crippen LogP) is -1.89. The number of fused-ring (bicyclic) bond motifs is 1. The summed E-state index contributed by atoms with van der Waals surface area (Å²) in [5.41, 5.74) is 0. The largest absolute Gasteiger partial charge is 0.272 e. The molecule has 6 aliphatic rings. The van der Waals surface area contributed by atoms with Gasteiger partial charge < -0.3 is 0 Å². The lowest BCUT2D eigenvalue weighted by atomic mass is 9.40. The molecule has 2 aromatic heterocycles. The molecule has 30 heavy (non-hydrogen) atoms. The molecule has 0 spiro atoms. The molecule has 2 saturated carbocycles. The highest BCUT2D eigenvalue weighted by Gasteiger charge is 2.75. The minimum atomic E-state index is -0.538. The summed E-state index contributed by atoms with van der Waals surface area (Å²) < 4.78 is 2.60. The van der Waals surface area contributed by atoms with Gasteiger partial charge in [0, 0.05) is 0 Å². The molecule has 0 unspecified atom stereocenters. The van der Waals surface area contributed by atoms with Crippen molar-refractivity contribution in [2.24, 2.45) is 47.3 Å². The molecule has 0 N–H and O–H groups in total. The van der Waals surface area contributed by atoms with Crippen molar-refractivity contribution in [3.05, 3.63) is 37.5 Å². The molecule has 2 bridgehead atoms. The van der Waals surface area contributed by atoms with E-state index in [2.05, 4.69) is 20.4 Å². The second kappa shape index (κ2) is 5.07. The Kier molecular flexibility index (Phi) is 2.73. The molecule has 4 fully saturated rings. The van der Waals surface area contributed by atoms with Crippen LogP contribution in [0.25, 0.3) is 0 Å². The van der Waals surface area contributed by atoms with Gasteiger partial charge in [0.25, 0.3) is 23.6 Å². The molecule has 4 heterocycles. The molecule has 8 atom stereocenters. The summed E-state index contributed by atoms with van der Waals surface area (Å²) in [4.78, 5) is 52.7. The zero-order chi connectivity index (χ0) is 20.3. The third-order valence-electron chi connectivity index (χ3n) is 7.57. The standard InChI is InChI=1S/C18H14N8O4/c27-15-11-7-1-2-8(12(11)16(28)25(15)23-3-19-20-4-23)10-9(7)13-14(10)18(30)26(17(13)29)24-5-21-22-6-24/h1-14H/t7-,8-,9-,10-,11+,12+,13-,14-/m1/s1. The molecule has 12 heteroatoms. The number of imide groups is 2. The quantitative estimate of drug-likeness (QED) is 0.417. The van der Waals surface area contributed by atoms with Gasteiger partial charge in [-0.05, 0) is 23.7 Å². The molecule has 2 aromatic rings. The lowest BCUT2D eigenvalue weighted by Crippen LogP contribution is -2.63. The van der Waals surface area contributed by atoms with Gasteiger partial charge in [0.1, 0.15) is 25.3 Å². The van der Waals surface area contributed by atoms with Gasteiger partial charge in [-0.3, -0.25) is 19.2 Å². The van der Waals surface area contributed by atoms with Crippen LogP contribution in [-0.2, 0) is 19.2 Å². The maximum absolute atomic E-state index is 13.2. The van der Waals surface area contributed by atoms with Crippen LogP contribution in [0.3, 0.4) is 0 Å². The van der Waals surface area contributed by atoms with E-state index in [9.17, 15) is 19.2 Å². The number of rotatable bonds is 2. The molecule has 4 aliphatic carbocycles. The van der Waals surface area contributed by atoms with E-state index in [0.717, 1.165) is 10.0 Å². The minimum Gasteiger partial charge on any atom is -0.272 e. The van der Waals surface area contributed by atoms with Gasteiger partial charge in [0.2, 0.25) is 0 Å². The molecule has 0 aromatic carbocycles. The average molecular weight is 406 g/mol. The van der Waals surface area contributed by atoms with E-state index in [1.807, 2.05) is 12.2 Å². The summed E-state index contributed by atoms with van der Waals surface area (Å²) >= 11 is 0. The first kappa shape index (κ1) is 16.1. The number of hydrogen-bond donors (Lipinski definition) is 0. The molecular formula is C18H14N8O4. The summed E-state index contributed by atoms with van der Waals surface area (Å²) in [5, 5.41) is 16.9. The third kappa shape index (κ3) is 1.58. The van der Waals surface area contributed by atoms with Crippen LogP contribution in [0.5, 0.6) is 0 Å². The Balaban J connectivity index is 1.29. The summed E-state index contributed by atoms with van der Waals surface area (Å²) in [7, 11) is 0. The average Bonchev–Trinajstić information content (AvgIpc) is 3.47. The molecule has 8 rings (SSSR count). The van der Waals surface area contributed by atoms with E-state index in [1.165, 1.54) is 34.7 Å². The van der Waals surface area contributed by atoms with E-state index in [4.69, 9.17) is 0 Å². The Morgan fingerprint density at radius 2 is 0.867 bits per heavy atom. The Hall–Kier alpha value is -3.70. The molecule has 150 valence electrons. The summed E-state index contributed by atoms with van der Waals surface area (Å²) in [6.45, 7) is 0. The highest BCUT2D eigenvalue weighted by atomic mass is 16.2. The van der Waals surface area contributed by atoms with Gasteiger partial charge in [-0.2, -0.15) is 10.0 Å². The van der Waals surface area contributed by atoms with Crippen LogP contribution in [-0.4, -0.2) is 53.4 Å². The van der Waals surface area contributed by atoms with Crippen molar-refractivity contribution in [2.75, 3.05) is 10.0 Å². The van der Waals surface area contributed by atoms with Crippen molar-refractivity contribution < 1.29 is 19.2 Å². The third-order valence-corrected chi connectivity index (χ3v) is 7.57. The fourth-order valence-electron chi connectivity index (χ4n) is 6.62. The lowest BCUT2D eigenvalue weighted by Gasteiger charge is -2.60. The number of carbonyl (C=O) groups is 4. The van der Waals surface area contributed by atoms with Gasteiger partial charge in [0.15, 0.2) is 0 Å². The van der Waals surface area contributed by atoms with Gasteiger partial charge in [-0.15, -0.1) is 20.4 Å². The maximum atomic E-state index is 13.2. The van der Waals surface area contributed by atoms with Crippen molar-refractivity contribution in [1.82, 2.24) is 29.7 Å². The molecule has 2 saturated heterocycles. The summed E-state index contributed by atoms with van der Waals surface area (Å²) in [5.74, 6) is -4.06. The molecule has 0 radical (unpaired) electrons. The summed E-state index contributed by atoms with van der Waals surface area (Å²) in [6, 6.07) is 0. The highest BCUT2D eigenvalue weighted by Crippen LogP contribution is 2.67. The number of aromatic nitrogens is 6. The van der Waals surface area contributed by atoms with E-state index in [0.29, 0.717) is 0 Å². The topological polar surface area (TPSA) is 136 Å². The van der Waals surface area contributed by atoms with Crippen molar-refractivity contribution >= 4 is 23.6 Å². The Morgan fingerprint density at radius 3 is 1.23 bits per heavy atom. The Labute approximate surface area is 168 Å². The molecule has 2 aliphatic heterocycles. The smallest absolute Gasteiger partial charge is 0.253 e. The molecular weight excluding hydrogens is 392 g/mol. The van der Waals surface area contributed by atoms with E-state index < -0.39 is 23.7 Å². The monoisotopic (exact) mass is 406 g/mol. The first-order valence-electron chi connectivity index (χ1n) is 9.73.